The van der Waals surface area contributed by atoms with E-state index in [0.717, 1.165) is 29.3 Å². The molecule has 2 N–H and O–H groups in total. The lowest BCUT2D eigenvalue weighted by Gasteiger charge is -2.15. The molecule has 1 fully saturated rings. The Balaban J connectivity index is 1.51. The number of carbonyl (C=O) groups excluding carboxylic acids is 1. The molecule has 6 nitrogen and oxygen atoms in total. The highest BCUT2D eigenvalue weighted by atomic mass is 32.2. The fraction of sp³-hybridized carbons (Fsp3) is 0.412. The number of aromatic nitrogens is 4. The molecule has 0 radical (unpaired) electrons. The van der Waals surface area contributed by atoms with Gasteiger partial charge in [-0.1, -0.05) is 42.8 Å². The molecule has 0 aliphatic heterocycles. The molecule has 1 atom stereocenters. The molecule has 0 bridgehead atoms. The van der Waals surface area contributed by atoms with Crippen LogP contribution in [-0.4, -0.2) is 37.4 Å². The number of rotatable bonds is 4. The van der Waals surface area contributed by atoms with Gasteiger partial charge in [-0.15, -0.1) is 10.2 Å². The number of nitrogens with zero attached hydrogens (tertiary/aromatic N) is 3. The maximum atomic E-state index is 12.3. The summed E-state index contributed by atoms with van der Waals surface area (Å²) in [5.41, 5.74) is 2.46. The lowest BCUT2D eigenvalue weighted by molar-refractivity contribution is -0.120. The highest BCUT2D eigenvalue weighted by molar-refractivity contribution is 8.00. The van der Waals surface area contributed by atoms with Crippen molar-refractivity contribution in [1.29, 1.82) is 0 Å². The number of amides is 1. The molecule has 1 aliphatic carbocycles. The Morgan fingerprint density at radius 1 is 1.29 bits per heavy atom. The molecule has 1 aromatic carbocycles. The highest BCUT2D eigenvalue weighted by Gasteiger charge is 2.22. The molecule has 24 heavy (non-hydrogen) atoms. The van der Waals surface area contributed by atoms with E-state index in [1.165, 1.54) is 24.6 Å². The normalized spacial score (nSPS) is 16.7. The average molecular weight is 341 g/mol. The minimum Gasteiger partial charge on any atom is -0.352 e. The van der Waals surface area contributed by atoms with E-state index in [-0.39, 0.29) is 11.2 Å². The van der Waals surface area contributed by atoms with Crippen molar-refractivity contribution in [2.75, 3.05) is 0 Å². The van der Waals surface area contributed by atoms with E-state index in [2.05, 4.69) is 25.5 Å². The Hall–Kier alpha value is -2.15. The molecule has 1 amide bonds. The number of thioether (sulfide) groups is 1. The van der Waals surface area contributed by atoms with Crippen LogP contribution in [0.2, 0.25) is 0 Å². The summed E-state index contributed by atoms with van der Waals surface area (Å²) in [6, 6.07) is 8.25. The quantitative estimate of drug-likeness (QED) is 0.713. The Kier molecular flexibility index (Phi) is 4.10. The number of para-hydroxylation sites is 1. The molecule has 1 aliphatic rings. The molecule has 4 rings (SSSR count). The van der Waals surface area contributed by atoms with E-state index >= 15 is 0 Å². The van der Waals surface area contributed by atoms with Gasteiger partial charge in [-0.3, -0.25) is 4.79 Å². The molecule has 3 aromatic rings. The first kappa shape index (κ1) is 15.4. The third-order valence-electron chi connectivity index (χ3n) is 4.46. The van der Waals surface area contributed by atoms with Crippen molar-refractivity contribution in [3.8, 4) is 0 Å². The van der Waals surface area contributed by atoms with E-state index in [1.807, 2.05) is 31.2 Å². The zero-order chi connectivity index (χ0) is 16.5. The summed E-state index contributed by atoms with van der Waals surface area (Å²) in [6.45, 7) is 1.88. The maximum Gasteiger partial charge on any atom is 0.233 e. The standard InChI is InChI=1S/C17H19N5OS/c1-10(16(23)18-11-6-2-3-7-11)24-17-20-15-14(21-22-17)12-8-4-5-9-13(12)19-15/h4-5,8-11H,2-3,6-7H2,1H3,(H,18,23)(H,19,20,22)/t10-/m1/s1. The van der Waals surface area contributed by atoms with Gasteiger partial charge in [0.15, 0.2) is 5.65 Å². The third-order valence-corrected chi connectivity index (χ3v) is 5.41. The van der Waals surface area contributed by atoms with E-state index < -0.39 is 0 Å². The minimum atomic E-state index is -0.241. The number of aromatic amines is 1. The number of H-pyrrole nitrogens is 1. The Morgan fingerprint density at radius 3 is 2.92 bits per heavy atom. The monoisotopic (exact) mass is 341 g/mol. The van der Waals surface area contributed by atoms with Crippen molar-refractivity contribution >= 4 is 39.7 Å². The zero-order valence-corrected chi connectivity index (χ0v) is 14.3. The molecule has 0 unspecified atom stereocenters. The fourth-order valence-corrected chi connectivity index (χ4v) is 3.88. The van der Waals surface area contributed by atoms with Crippen LogP contribution in [0.4, 0.5) is 0 Å². The van der Waals surface area contributed by atoms with Crippen LogP contribution in [0.15, 0.2) is 29.4 Å². The number of nitrogens with one attached hydrogen (secondary N) is 2. The van der Waals surface area contributed by atoms with Gasteiger partial charge in [0.2, 0.25) is 11.1 Å². The van der Waals surface area contributed by atoms with Crippen molar-refractivity contribution in [2.45, 2.75) is 49.1 Å². The Labute approximate surface area is 143 Å². The summed E-state index contributed by atoms with van der Waals surface area (Å²) >= 11 is 1.34. The highest BCUT2D eigenvalue weighted by Crippen LogP contribution is 2.25. The average Bonchev–Trinajstić information content (AvgIpc) is 3.21. The summed E-state index contributed by atoms with van der Waals surface area (Å²) in [7, 11) is 0. The van der Waals surface area contributed by atoms with Crippen LogP contribution < -0.4 is 5.32 Å². The molecular formula is C17H19N5OS. The second kappa shape index (κ2) is 6.39. The maximum absolute atomic E-state index is 12.3. The molecule has 7 heteroatoms. The van der Waals surface area contributed by atoms with Gasteiger partial charge < -0.3 is 10.3 Å². The predicted molar refractivity (Wildman–Crippen MR) is 94.9 cm³/mol. The van der Waals surface area contributed by atoms with Gasteiger partial charge in [-0.05, 0) is 25.8 Å². The smallest absolute Gasteiger partial charge is 0.233 e. The van der Waals surface area contributed by atoms with Crippen LogP contribution in [0.5, 0.6) is 0 Å². The van der Waals surface area contributed by atoms with Crippen LogP contribution in [0, 0.1) is 0 Å². The molecule has 2 heterocycles. The number of benzene rings is 1. The van der Waals surface area contributed by atoms with Gasteiger partial charge in [-0.25, -0.2) is 4.98 Å². The van der Waals surface area contributed by atoms with E-state index in [9.17, 15) is 4.79 Å². The van der Waals surface area contributed by atoms with Gasteiger partial charge >= 0.3 is 0 Å². The zero-order valence-electron chi connectivity index (χ0n) is 13.5. The molecule has 0 saturated heterocycles. The SMILES string of the molecule is C[C@@H](Sc1nnc2c(n1)[nH]c1ccccc12)C(=O)NC1CCCC1. The first-order valence-corrected chi connectivity index (χ1v) is 9.17. The van der Waals surface area contributed by atoms with Gasteiger partial charge in [0.25, 0.3) is 0 Å². The van der Waals surface area contributed by atoms with Crippen LogP contribution in [0.25, 0.3) is 22.1 Å². The van der Waals surface area contributed by atoms with Crippen LogP contribution in [0.3, 0.4) is 0 Å². The van der Waals surface area contributed by atoms with E-state index in [4.69, 9.17) is 0 Å². The molecule has 2 aromatic heterocycles. The summed E-state index contributed by atoms with van der Waals surface area (Å²) in [5, 5.41) is 12.9. The number of fused-ring (bicyclic) bond motifs is 3. The van der Waals surface area contributed by atoms with Crippen molar-refractivity contribution in [3.05, 3.63) is 24.3 Å². The largest absolute Gasteiger partial charge is 0.352 e. The lowest BCUT2D eigenvalue weighted by Crippen LogP contribution is -2.37. The number of hydrogen-bond donors (Lipinski definition) is 2. The topological polar surface area (TPSA) is 83.6 Å². The third kappa shape index (κ3) is 2.96. The summed E-state index contributed by atoms with van der Waals surface area (Å²) in [5.74, 6) is 0.0484. The van der Waals surface area contributed by atoms with Gasteiger partial charge in [0, 0.05) is 16.9 Å². The minimum absolute atomic E-state index is 0.0484. The van der Waals surface area contributed by atoms with Crippen LogP contribution in [0.1, 0.15) is 32.6 Å². The van der Waals surface area contributed by atoms with Gasteiger partial charge in [0.1, 0.15) is 5.52 Å². The van der Waals surface area contributed by atoms with Crippen molar-refractivity contribution < 1.29 is 4.79 Å². The molecular weight excluding hydrogens is 322 g/mol. The van der Waals surface area contributed by atoms with Crippen molar-refractivity contribution in [3.63, 3.8) is 0 Å². The summed E-state index contributed by atoms with van der Waals surface area (Å²) in [6.07, 6.45) is 4.58. The predicted octanol–water partition coefficient (Wildman–Crippen LogP) is 3.05. The first-order chi connectivity index (χ1) is 11.7. The Morgan fingerprint density at radius 2 is 2.08 bits per heavy atom. The van der Waals surface area contributed by atoms with Gasteiger partial charge in [0.05, 0.1) is 5.25 Å². The molecule has 0 spiro atoms. The molecule has 1 saturated carbocycles. The van der Waals surface area contributed by atoms with Crippen molar-refractivity contribution in [1.82, 2.24) is 25.5 Å². The number of carbonyl (C=O) groups is 1. The van der Waals surface area contributed by atoms with E-state index in [0.29, 0.717) is 16.8 Å². The van der Waals surface area contributed by atoms with Gasteiger partial charge in [-0.2, -0.15) is 0 Å². The van der Waals surface area contributed by atoms with Crippen LogP contribution in [-0.2, 0) is 4.79 Å². The second-order valence-corrected chi connectivity index (χ2v) is 7.52. The molecule has 124 valence electrons. The van der Waals surface area contributed by atoms with Crippen molar-refractivity contribution in [2.24, 2.45) is 0 Å². The van der Waals surface area contributed by atoms with Crippen LogP contribution >= 0.6 is 11.8 Å². The summed E-state index contributed by atoms with van der Waals surface area (Å²) in [4.78, 5) is 20.1. The fourth-order valence-electron chi connectivity index (χ4n) is 3.16. The number of hydrogen-bond acceptors (Lipinski definition) is 5. The van der Waals surface area contributed by atoms with E-state index in [1.54, 1.807) is 0 Å². The Bertz CT molecular complexity index is 887. The summed E-state index contributed by atoms with van der Waals surface area (Å²) < 4.78 is 0. The first-order valence-electron chi connectivity index (χ1n) is 8.29. The second-order valence-electron chi connectivity index (χ2n) is 6.21. The lowest BCUT2D eigenvalue weighted by atomic mass is 10.2.